The summed E-state index contributed by atoms with van der Waals surface area (Å²) < 4.78 is 3.98. The Kier molecular flexibility index (Phi) is 7.43. The van der Waals surface area contributed by atoms with E-state index in [-0.39, 0.29) is 11.6 Å². The second-order valence-corrected chi connectivity index (χ2v) is 20.1. The van der Waals surface area contributed by atoms with Crippen molar-refractivity contribution in [3.8, 4) is 22.4 Å². The number of pyridine rings is 1. The predicted octanol–water partition coefficient (Wildman–Crippen LogP) is 16.3. The normalized spacial score (nSPS) is 17.8. The molecule has 3 unspecified atom stereocenters. The molecule has 0 N–H and O–H groups in total. The molecular weight excluding hydrogens is 851 g/mol. The fourth-order valence-corrected chi connectivity index (χ4v) is 13.4. The van der Waals surface area contributed by atoms with E-state index < -0.39 is 0 Å². The minimum atomic E-state index is -0.0236. The van der Waals surface area contributed by atoms with Gasteiger partial charge < -0.3 is 0 Å². The summed E-state index contributed by atoms with van der Waals surface area (Å²) >= 11 is 0. The van der Waals surface area contributed by atoms with Crippen LogP contribution in [0.4, 0.5) is 0 Å². The molecule has 9 aromatic carbocycles. The van der Waals surface area contributed by atoms with Gasteiger partial charge in [-0.3, -0.25) is 8.80 Å². The zero-order valence-electron chi connectivity index (χ0n) is 38.9. The van der Waals surface area contributed by atoms with E-state index in [9.17, 15) is 0 Å². The van der Waals surface area contributed by atoms with E-state index in [0.29, 0.717) is 11.8 Å². The molecule has 16 rings (SSSR count). The van der Waals surface area contributed by atoms with Gasteiger partial charge in [-0.15, -0.1) is 0 Å². The molecule has 0 bridgehead atoms. The summed E-state index contributed by atoms with van der Waals surface area (Å²) in [5.74, 6) is 0.844. The molecule has 4 heteroatoms. The van der Waals surface area contributed by atoms with Crippen molar-refractivity contribution in [1.82, 2.24) is 13.8 Å². The molecule has 0 saturated heterocycles. The van der Waals surface area contributed by atoms with Crippen LogP contribution in [0, 0.1) is 18.8 Å². The monoisotopic (exact) mass is 893 g/mol. The van der Waals surface area contributed by atoms with Crippen LogP contribution >= 0.6 is 0 Å². The van der Waals surface area contributed by atoms with Crippen LogP contribution in [0.1, 0.15) is 47.6 Å². The van der Waals surface area contributed by atoms with Crippen LogP contribution in [-0.2, 0) is 0 Å². The lowest BCUT2D eigenvalue weighted by atomic mass is 9.70. The van der Waals surface area contributed by atoms with Crippen LogP contribution in [-0.4, -0.2) is 13.8 Å². The summed E-state index contributed by atoms with van der Waals surface area (Å²) in [7, 11) is 0. The number of nitrogens with zero attached hydrogens (tertiary/aromatic N) is 3. The number of rotatable bonds is 4. The number of para-hydroxylation sites is 1. The molecule has 0 fully saturated rings. The summed E-state index contributed by atoms with van der Waals surface area (Å²) in [6.45, 7) is 6.72. The quantitative estimate of drug-likeness (QED) is 0.165. The fraction of sp³-hybridized carbons (Fsp3) is 0.0909. The van der Waals surface area contributed by atoms with Gasteiger partial charge in [-0.1, -0.05) is 153 Å². The van der Waals surface area contributed by atoms with Crippen molar-refractivity contribution in [3.05, 3.63) is 226 Å². The summed E-state index contributed by atoms with van der Waals surface area (Å²) in [6, 6.07) is 57.7. The summed E-state index contributed by atoms with van der Waals surface area (Å²) in [6.07, 6.45) is 11.6. The van der Waals surface area contributed by atoms with Crippen molar-refractivity contribution in [2.24, 2.45) is 11.8 Å². The number of fused-ring (bicyclic) bond motifs is 15. The van der Waals surface area contributed by atoms with Gasteiger partial charge in [0.1, 0.15) is 0 Å². The first-order valence-corrected chi connectivity index (χ1v) is 24.7. The van der Waals surface area contributed by atoms with Crippen LogP contribution in [0.15, 0.2) is 192 Å². The molecule has 0 radical (unpaired) electrons. The Balaban J connectivity index is 0.806. The standard InChI is InChI=1S/C66H43N3O/c1-4-11-44-35(2)43-13-9-10-17-58(43)67-63(44)41-20-23-48-49-27-26-42(36(3)61(49)57-34-54(57)53(48)33-41)39-21-28-59-55(31-39)50-24-18-37-19-25-51-56-32-40(22-29-60(56)69-65(51)62(37)64(50)68(59)66(69)70)52-30-38-12-5-6-14-45(38)46-15-7-8-16-47(46)52/h4-34,36,42,57H,1-3H3/b11-4-. The molecule has 0 spiro atoms. The van der Waals surface area contributed by atoms with E-state index in [0.717, 1.165) is 76.7 Å². The van der Waals surface area contributed by atoms with E-state index in [1.165, 1.54) is 77.0 Å². The molecule has 4 heterocycles. The highest BCUT2D eigenvalue weighted by Crippen LogP contribution is 2.59. The maximum atomic E-state index is 15.2. The molecule has 0 aliphatic heterocycles. The predicted molar refractivity (Wildman–Crippen MR) is 294 cm³/mol. The van der Waals surface area contributed by atoms with Crippen LogP contribution in [0.2, 0.25) is 0 Å². The lowest BCUT2D eigenvalue weighted by Gasteiger charge is -2.34. The molecular formula is C66H43N3O. The minimum absolute atomic E-state index is 0.0236. The third-order valence-electron chi connectivity index (χ3n) is 16.6. The van der Waals surface area contributed by atoms with Crippen LogP contribution in [0.3, 0.4) is 0 Å². The Bertz CT molecular complexity index is 4720. The molecule has 13 aromatic rings. The number of benzene rings is 9. The zero-order chi connectivity index (χ0) is 46.3. The number of aryl methyl sites for hydroxylation is 1. The van der Waals surface area contributed by atoms with E-state index in [1.54, 1.807) is 0 Å². The van der Waals surface area contributed by atoms with Crippen molar-refractivity contribution >= 4 is 104 Å². The number of allylic oxidation sites excluding steroid dienone is 7. The second-order valence-electron chi connectivity index (χ2n) is 20.1. The lowest BCUT2D eigenvalue weighted by molar-refractivity contribution is 0.580. The minimum Gasteiger partial charge on any atom is -0.260 e. The fourth-order valence-electron chi connectivity index (χ4n) is 13.4. The average Bonchev–Trinajstić information content (AvgIpc) is 4.04. The van der Waals surface area contributed by atoms with Crippen molar-refractivity contribution in [2.75, 3.05) is 0 Å². The molecule has 0 amide bonds. The lowest BCUT2D eigenvalue weighted by Crippen LogP contribution is -2.21. The highest BCUT2D eigenvalue weighted by atomic mass is 16.1. The Morgan fingerprint density at radius 1 is 0.586 bits per heavy atom. The van der Waals surface area contributed by atoms with Gasteiger partial charge in [0.2, 0.25) is 0 Å². The molecule has 3 atom stereocenters. The van der Waals surface area contributed by atoms with Gasteiger partial charge >= 0.3 is 5.69 Å². The van der Waals surface area contributed by atoms with Crippen LogP contribution < -0.4 is 5.69 Å². The van der Waals surface area contributed by atoms with E-state index in [2.05, 4.69) is 209 Å². The van der Waals surface area contributed by atoms with Gasteiger partial charge in [-0.2, -0.15) is 0 Å². The highest BCUT2D eigenvalue weighted by molar-refractivity contribution is 6.28. The number of hydrogen-bond acceptors (Lipinski definition) is 2. The van der Waals surface area contributed by atoms with Crippen LogP contribution in [0.25, 0.3) is 126 Å². The third kappa shape index (κ3) is 4.90. The second kappa shape index (κ2) is 13.6. The van der Waals surface area contributed by atoms with E-state index >= 15 is 4.79 Å². The molecule has 3 aliphatic rings. The molecule has 4 aromatic heterocycles. The topological polar surface area (TPSA) is 38.8 Å². The first-order chi connectivity index (χ1) is 34.4. The van der Waals surface area contributed by atoms with Gasteiger partial charge in [-0.25, -0.2) is 9.78 Å². The molecule has 4 nitrogen and oxygen atoms in total. The van der Waals surface area contributed by atoms with E-state index in [4.69, 9.17) is 4.98 Å². The molecule has 70 heavy (non-hydrogen) atoms. The first-order valence-electron chi connectivity index (χ1n) is 24.7. The maximum absolute atomic E-state index is 15.2. The van der Waals surface area contributed by atoms with Gasteiger partial charge in [-0.05, 0) is 139 Å². The van der Waals surface area contributed by atoms with Gasteiger partial charge in [0.15, 0.2) is 0 Å². The van der Waals surface area contributed by atoms with Crippen LogP contribution in [0.5, 0.6) is 0 Å². The Labute approximate surface area is 402 Å². The smallest absolute Gasteiger partial charge is 0.260 e. The molecule has 328 valence electrons. The van der Waals surface area contributed by atoms with Gasteiger partial charge in [0.05, 0.1) is 33.3 Å². The first kappa shape index (κ1) is 38.4. The van der Waals surface area contributed by atoms with Crippen molar-refractivity contribution in [2.45, 2.75) is 26.7 Å². The highest BCUT2D eigenvalue weighted by Gasteiger charge is 2.43. The number of aromatic nitrogens is 3. The molecule has 3 aliphatic carbocycles. The average molecular weight is 894 g/mol. The van der Waals surface area contributed by atoms with E-state index in [1.807, 2.05) is 8.80 Å². The third-order valence-corrected chi connectivity index (χ3v) is 16.6. The Morgan fingerprint density at radius 3 is 2.09 bits per heavy atom. The van der Waals surface area contributed by atoms with Gasteiger partial charge in [0.25, 0.3) is 0 Å². The largest absolute Gasteiger partial charge is 0.338 e. The summed E-state index contributed by atoms with van der Waals surface area (Å²) in [5.41, 5.74) is 20.1. The number of hydrogen-bond donors (Lipinski definition) is 0. The zero-order valence-corrected chi connectivity index (χ0v) is 38.9. The van der Waals surface area contributed by atoms with Crippen molar-refractivity contribution in [1.29, 1.82) is 0 Å². The summed E-state index contributed by atoms with van der Waals surface area (Å²) in [4.78, 5) is 20.5. The SMILES string of the molecule is C/C=C\c1c(-c2ccc3c(c2)C2=CC2C2=C3C=CC(c3ccc4c(c3)c3ccc5ccc6c7cc(-c8cc9ccccc9c9ccccc89)ccc7n7c(=O)n4c3c5c67)C2C)nc2ccccc2c1C. The Morgan fingerprint density at radius 2 is 1.29 bits per heavy atom. The van der Waals surface area contributed by atoms with Gasteiger partial charge in [0, 0.05) is 55.3 Å². The summed E-state index contributed by atoms with van der Waals surface area (Å²) in [5, 5.41) is 12.9. The van der Waals surface area contributed by atoms with Crippen molar-refractivity contribution in [3.63, 3.8) is 0 Å². The maximum Gasteiger partial charge on any atom is 0.338 e. The molecule has 0 saturated carbocycles. The Hall–Kier alpha value is -8.60. The van der Waals surface area contributed by atoms with Crippen molar-refractivity contribution < 1.29 is 0 Å².